The Hall–Kier alpha value is -1.26. The minimum Gasteiger partial charge on any atom is -0.409 e. The Kier molecular flexibility index (Phi) is 5.84. The van der Waals surface area contributed by atoms with Gasteiger partial charge < -0.3 is 16.3 Å². The number of amidine groups is 1. The lowest BCUT2D eigenvalue weighted by atomic mass is 9.74. The SMILES string of the molecule is CCC1CCC(NC(=O)C(C)C(C)C)(C(N)=NO)CC1. The van der Waals surface area contributed by atoms with Crippen LogP contribution in [0.1, 0.15) is 59.8 Å². The van der Waals surface area contributed by atoms with Gasteiger partial charge in [-0.3, -0.25) is 4.79 Å². The topological polar surface area (TPSA) is 87.7 Å². The van der Waals surface area contributed by atoms with Crippen molar-refractivity contribution in [2.45, 2.75) is 65.3 Å². The van der Waals surface area contributed by atoms with Crippen LogP contribution in [-0.2, 0) is 4.79 Å². The highest BCUT2D eigenvalue weighted by molar-refractivity contribution is 5.94. The first kappa shape index (κ1) is 16.8. The third-order valence-corrected chi connectivity index (χ3v) is 4.91. The van der Waals surface area contributed by atoms with Gasteiger partial charge in [-0.1, -0.05) is 39.3 Å². The first-order chi connectivity index (χ1) is 9.36. The van der Waals surface area contributed by atoms with Crippen LogP contribution in [0, 0.1) is 17.8 Å². The van der Waals surface area contributed by atoms with E-state index in [1.807, 2.05) is 20.8 Å². The summed E-state index contributed by atoms with van der Waals surface area (Å²) in [5.41, 5.74) is 5.21. The molecule has 1 fully saturated rings. The lowest BCUT2D eigenvalue weighted by Crippen LogP contribution is -2.60. The highest BCUT2D eigenvalue weighted by Crippen LogP contribution is 2.34. The molecule has 0 aliphatic heterocycles. The van der Waals surface area contributed by atoms with E-state index in [1.165, 1.54) is 0 Å². The lowest BCUT2D eigenvalue weighted by Gasteiger charge is -2.40. The molecule has 1 atom stereocenters. The van der Waals surface area contributed by atoms with Crippen molar-refractivity contribution in [2.24, 2.45) is 28.6 Å². The largest absolute Gasteiger partial charge is 0.409 e. The van der Waals surface area contributed by atoms with E-state index < -0.39 is 5.54 Å². The minimum absolute atomic E-state index is 0.0125. The van der Waals surface area contributed by atoms with Crippen molar-refractivity contribution < 1.29 is 10.0 Å². The highest BCUT2D eigenvalue weighted by atomic mass is 16.4. The van der Waals surface area contributed by atoms with E-state index in [0.717, 1.165) is 32.1 Å². The fraction of sp³-hybridized carbons (Fsp3) is 0.867. The van der Waals surface area contributed by atoms with Crippen LogP contribution in [0.5, 0.6) is 0 Å². The van der Waals surface area contributed by atoms with Gasteiger partial charge in [-0.15, -0.1) is 0 Å². The summed E-state index contributed by atoms with van der Waals surface area (Å²) in [6.45, 7) is 8.14. The van der Waals surface area contributed by atoms with Crippen molar-refractivity contribution in [1.82, 2.24) is 5.32 Å². The van der Waals surface area contributed by atoms with Crippen molar-refractivity contribution >= 4 is 11.7 Å². The zero-order valence-electron chi connectivity index (χ0n) is 13.1. The van der Waals surface area contributed by atoms with Gasteiger partial charge in [0.25, 0.3) is 0 Å². The van der Waals surface area contributed by atoms with Crippen LogP contribution in [0.15, 0.2) is 5.16 Å². The van der Waals surface area contributed by atoms with Crippen molar-refractivity contribution in [1.29, 1.82) is 0 Å². The Balaban J connectivity index is 2.84. The summed E-state index contributed by atoms with van der Waals surface area (Å²) in [6, 6.07) is 0. The number of hydrogen-bond acceptors (Lipinski definition) is 3. The molecule has 1 amide bonds. The van der Waals surface area contributed by atoms with E-state index in [4.69, 9.17) is 10.9 Å². The summed E-state index contributed by atoms with van der Waals surface area (Å²) in [5.74, 6) is 0.987. The van der Waals surface area contributed by atoms with Crippen LogP contribution < -0.4 is 11.1 Å². The number of nitrogens with two attached hydrogens (primary N) is 1. The van der Waals surface area contributed by atoms with E-state index >= 15 is 0 Å². The summed E-state index contributed by atoms with van der Waals surface area (Å²) in [7, 11) is 0. The molecule has 1 aliphatic carbocycles. The first-order valence-electron chi connectivity index (χ1n) is 7.66. The molecule has 0 bridgehead atoms. The molecule has 1 saturated carbocycles. The van der Waals surface area contributed by atoms with Crippen molar-refractivity contribution in [2.75, 3.05) is 0 Å². The van der Waals surface area contributed by atoms with Crippen LogP contribution >= 0.6 is 0 Å². The highest BCUT2D eigenvalue weighted by Gasteiger charge is 2.41. The van der Waals surface area contributed by atoms with E-state index in [2.05, 4.69) is 17.4 Å². The van der Waals surface area contributed by atoms with Crippen molar-refractivity contribution in [3.63, 3.8) is 0 Å². The normalized spacial score (nSPS) is 29.2. The molecule has 1 unspecified atom stereocenters. The summed E-state index contributed by atoms with van der Waals surface area (Å²) in [5, 5.41) is 15.3. The molecule has 5 heteroatoms. The second-order valence-corrected chi connectivity index (χ2v) is 6.44. The predicted molar refractivity (Wildman–Crippen MR) is 80.5 cm³/mol. The number of carbonyl (C=O) groups excluding carboxylic acids is 1. The number of carbonyl (C=O) groups is 1. The van der Waals surface area contributed by atoms with Gasteiger partial charge in [-0.2, -0.15) is 0 Å². The maximum absolute atomic E-state index is 12.3. The average molecular weight is 283 g/mol. The molecular weight excluding hydrogens is 254 g/mol. The lowest BCUT2D eigenvalue weighted by molar-refractivity contribution is -0.127. The molecule has 1 rings (SSSR count). The second kappa shape index (κ2) is 6.95. The summed E-state index contributed by atoms with van der Waals surface area (Å²) in [6.07, 6.45) is 4.64. The Bertz CT molecular complexity index is 358. The van der Waals surface area contributed by atoms with Crippen molar-refractivity contribution in [3.05, 3.63) is 0 Å². The van der Waals surface area contributed by atoms with Crippen LogP contribution in [0.3, 0.4) is 0 Å². The van der Waals surface area contributed by atoms with Gasteiger partial charge in [0.05, 0.1) is 0 Å². The third-order valence-electron chi connectivity index (χ3n) is 4.91. The smallest absolute Gasteiger partial charge is 0.223 e. The van der Waals surface area contributed by atoms with Gasteiger partial charge in [-0.05, 0) is 37.5 Å². The van der Waals surface area contributed by atoms with Crippen LogP contribution in [0.25, 0.3) is 0 Å². The van der Waals surface area contributed by atoms with Gasteiger partial charge in [0.1, 0.15) is 5.54 Å². The average Bonchev–Trinajstić information content (AvgIpc) is 2.45. The Morgan fingerprint density at radius 3 is 2.35 bits per heavy atom. The van der Waals surface area contributed by atoms with Crippen LogP contribution in [0.2, 0.25) is 0 Å². The second-order valence-electron chi connectivity index (χ2n) is 6.44. The summed E-state index contributed by atoms with van der Waals surface area (Å²) < 4.78 is 0. The molecule has 1 aliphatic rings. The quantitative estimate of drug-likeness (QED) is 0.313. The maximum atomic E-state index is 12.3. The van der Waals surface area contributed by atoms with E-state index in [-0.39, 0.29) is 23.6 Å². The molecule has 4 N–H and O–H groups in total. The van der Waals surface area contributed by atoms with E-state index in [9.17, 15) is 4.79 Å². The molecule has 0 saturated heterocycles. The molecule has 116 valence electrons. The summed E-state index contributed by atoms with van der Waals surface area (Å²) in [4.78, 5) is 12.3. The zero-order chi connectivity index (χ0) is 15.3. The molecule has 0 heterocycles. The number of amides is 1. The fourth-order valence-electron chi connectivity index (χ4n) is 2.77. The third kappa shape index (κ3) is 3.64. The number of nitrogens with one attached hydrogen (secondary N) is 1. The Morgan fingerprint density at radius 1 is 1.40 bits per heavy atom. The number of oxime groups is 1. The molecule has 0 spiro atoms. The molecule has 20 heavy (non-hydrogen) atoms. The predicted octanol–water partition coefficient (Wildman–Crippen LogP) is 2.48. The maximum Gasteiger partial charge on any atom is 0.223 e. The number of rotatable bonds is 5. The van der Waals surface area contributed by atoms with Crippen LogP contribution in [-0.4, -0.2) is 22.5 Å². The Labute approximate surface area is 122 Å². The Morgan fingerprint density at radius 2 is 1.95 bits per heavy atom. The summed E-state index contributed by atoms with van der Waals surface area (Å²) >= 11 is 0. The van der Waals surface area contributed by atoms with Gasteiger partial charge in [0, 0.05) is 5.92 Å². The first-order valence-corrected chi connectivity index (χ1v) is 7.66. The standard InChI is InChI=1S/C15H29N3O2/c1-5-12-6-8-15(9-7-12,14(16)18-20)17-13(19)11(4)10(2)3/h10-12,20H,5-9H2,1-4H3,(H2,16,18)(H,17,19). The molecule has 0 aromatic carbocycles. The number of hydrogen-bond donors (Lipinski definition) is 3. The molecular formula is C15H29N3O2. The fourth-order valence-corrected chi connectivity index (χ4v) is 2.77. The minimum atomic E-state index is -0.666. The molecule has 0 aromatic rings. The van der Waals surface area contributed by atoms with Gasteiger partial charge in [0.2, 0.25) is 5.91 Å². The van der Waals surface area contributed by atoms with Crippen LogP contribution in [0.4, 0.5) is 0 Å². The van der Waals surface area contributed by atoms with Gasteiger partial charge in [0.15, 0.2) is 5.84 Å². The van der Waals surface area contributed by atoms with Crippen molar-refractivity contribution in [3.8, 4) is 0 Å². The number of nitrogens with zero attached hydrogens (tertiary/aromatic N) is 1. The zero-order valence-corrected chi connectivity index (χ0v) is 13.1. The molecule has 5 nitrogen and oxygen atoms in total. The van der Waals surface area contributed by atoms with E-state index in [1.54, 1.807) is 0 Å². The monoisotopic (exact) mass is 283 g/mol. The van der Waals surface area contributed by atoms with E-state index in [0.29, 0.717) is 5.92 Å². The van der Waals surface area contributed by atoms with Gasteiger partial charge >= 0.3 is 0 Å². The molecule has 0 aromatic heterocycles. The van der Waals surface area contributed by atoms with Gasteiger partial charge in [-0.25, -0.2) is 0 Å². The molecule has 0 radical (unpaired) electrons.